The van der Waals surface area contributed by atoms with Crippen molar-refractivity contribution in [2.75, 3.05) is 19.6 Å². The molecular formula is C19H24N2. The molecule has 2 aromatic rings. The van der Waals surface area contributed by atoms with Crippen molar-refractivity contribution in [2.24, 2.45) is 5.92 Å². The Labute approximate surface area is 127 Å². The second-order valence-corrected chi connectivity index (χ2v) is 5.99. The third kappa shape index (κ3) is 4.42. The van der Waals surface area contributed by atoms with E-state index in [1.807, 2.05) is 0 Å². The van der Waals surface area contributed by atoms with Crippen molar-refractivity contribution < 1.29 is 0 Å². The zero-order valence-electron chi connectivity index (χ0n) is 12.5. The summed E-state index contributed by atoms with van der Waals surface area (Å²) in [6.07, 6.45) is 1.31. The first-order valence-electron chi connectivity index (χ1n) is 7.91. The molecule has 1 atom stereocenters. The molecule has 0 aromatic heterocycles. The Morgan fingerprint density at radius 1 is 0.905 bits per heavy atom. The number of benzene rings is 2. The van der Waals surface area contributed by atoms with E-state index in [-0.39, 0.29) is 0 Å². The highest BCUT2D eigenvalue weighted by molar-refractivity contribution is 5.15. The van der Waals surface area contributed by atoms with Crippen LogP contribution in [0.5, 0.6) is 0 Å². The van der Waals surface area contributed by atoms with E-state index in [1.54, 1.807) is 0 Å². The molecule has 1 aliphatic heterocycles. The third-order valence-electron chi connectivity index (χ3n) is 4.22. The average Bonchev–Trinajstić information content (AvgIpc) is 2.97. The van der Waals surface area contributed by atoms with Crippen molar-refractivity contribution in [3.63, 3.8) is 0 Å². The summed E-state index contributed by atoms with van der Waals surface area (Å²) in [6.45, 7) is 5.65. The molecule has 2 nitrogen and oxygen atoms in total. The van der Waals surface area contributed by atoms with Crippen LogP contribution in [0, 0.1) is 5.92 Å². The van der Waals surface area contributed by atoms with Gasteiger partial charge in [0.15, 0.2) is 0 Å². The Morgan fingerprint density at radius 2 is 1.57 bits per heavy atom. The molecule has 1 unspecified atom stereocenters. The first-order chi connectivity index (χ1) is 10.4. The highest BCUT2D eigenvalue weighted by Gasteiger charge is 2.21. The molecule has 0 amide bonds. The minimum absolute atomic E-state index is 0.789. The van der Waals surface area contributed by atoms with Gasteiger partial charge in [-0.1, -0.05) is 60.7 Å². The van der Waals surface area contributed by atoms with E-state index in [0.29, 0.717) is 0 Å². The normalized spacial score (nSPS) is 19.0. The van der Waals surface area contributed by atoms with Crippen molar-refractivity contribution in [1.82, 2.24) is 10.2 Å². The summed E-state index contributed by atoms with van der Waals surface area (Å²) in [5.74, 6) is 0.789. The van der Waals surface area contributed by atoms with Crippen LogP contribution in [0.2, 0.25) is 0 Å². The minimum Gasteiger partial charge on any atom is -0.312 e. The summed E-state index contributed by atoms with van der Waals surface area (Å²) < 4.78 is 0. The molecule has 2 heteroatoms. The Kier molecular flexibility index (Phi) is 5.03. The lowest BCUT2D eigenvalue weighted by atomic mass is 10.1. The molecule has 1 fully saturated rings. The van der Waals surface area contributed by atoms with Crippen LogP contribution < -0.4 is 5.32 Å². The van der Waals surface area contributed by atoms with Gasteiger partial charge in [0, 0.05) is 19.6 Å². The van der Waals surface area contributed by atoms with Crippen LogP contribution in [0.3, 0.4) is 0 Å². The van der Waals surface area contributed by atoms with Crippen LogP contribution in [0.4, 0.5) is 0 Å². The summed E-state index contributed by atoms with van der Waals surface area (Å²) in [5.41, 5.74) is 2.80. The smallest absolute Gasteiger partial charge is 0.0233 e. The van der Waals surface area contributed by atoms with Crippen LogP contribution in [0.15, 0.2) is 60.7 Å². The lowest BCUT2D eigenvalue weighted by Gasteiger charge is -2.16. The summed E-state index contributed by atoms with van der Waals surface area (Å²) in [6, 6.07) is 21.4. The predicted octanol–water partition coefficient (Wildman–Crippen LogP) is 3.30. The quantitative estimate of drug-likeness (QED) is 0.873. The summed E-state index contributed by atoms with van der Waals surface area (Å²) in [4.78, 5) is 2.57. The maximum atomic E-state index is 3.60. The molecule has 110 valence electrons. The monoisotopic (exact) mass is 280 g/mol. The van der Waals surface area contributed by atoms with Gasteiger partial charge in [0.25, 0.3) is 0 Å². The van der Waals surface area contributed by atoms with Gasteiger partial charge in [0.1, 0.15) is 0 Å². The SMILES string of the molecule is c1ccc(CNCC2CCN(Cc3ccccc3)C2)cc1. The van der Waals surface area contributed by atoms with Gasteiger partial charge in [0.05, 0.1) is 0 Å². The van der Waals surface area contributed by atoms with E-state index >= 15 is 0 Å². The first-order valence-corrected chi connectivity index (χ1v) is 7.91. The Morgan fingerprint density at radius 3 is 2.29 bits per heavy atom. The molecule has 3 rings (SSSR count). The molecule has 1 heterocycles. The molecular weight excluding hydrogens is 256 g/mol. The molecule has 0 aliphatic carbocycles. The molecule has 0 spiro atoms. The van der Waals surface area contributed by atoms with E-state index in [4.69, 9.17) is 0 Å². The maximum absolute atomic E-state index is 3.60. The van der Waals surface area contributed by atoms with E-state index in [0.717, 1.165) is 25.6 Å². The largest absolute Gasteiger partial charge is 0.312 e. The zero-order chi connectivity index (χ0) is 14.3. The molecule has 2 aromatic carbocycles. The Hall–Kier alpha value is -1.64. The number of likely N-dealkylation sites (tertiary alicyclic amines) is 1. The molecule has 0 saturated carbocycles. The number of nitrogens with one attached hydrogen (secondary N) is 1. The maximum Gasteiger partial charge on any atom is 0.0233 e. The predicted molar refractivity (Wildman–Crippen MR) is 88.0 cm³/mol. The van der Waals surface area contributed by atoms with E-state index in [9.17, 15) is 0 Å². The van der Waals surface area contributed by atoms with E-state index in [1.165, 1.54) is 30.6 Å². The standard InChI is InChI=1S/C19H24N2/c1-3-7-17(8-4-1)13-20-14-19-11-12-21(16-19)15-18-9-5-2-6-10-18/h1-10,19-20H,11-16H2. The Bertz CT molecular complexity index is 524. The van der Waals surface area contributed by atoms with Gasteiger partial charge in [0.2, 0.25) is 0 Å². The number of hydrogen-bond acceptors (Lipinski definition) is 2. The van der Waals surface area contributed by atoms with Gasteiger partial charge in [-0.2, -0.15) is 0 Å². The van der Waals surface area contributed by atoms with Gasteiger partial charge in [-0.25, -0.2) is 0 Å². The Balaban J connectivity index is 1.39. The second kappa shape index (κ2) is 7.39. The number of hydrogen-bond donors (Lipinski definition) is 1. The summed E-state index contributed by atoms with van der Waals surface area (Å²) in [7, 11) is 0. The fraction of sp³-hybridized carbons (Fsp3) is 0.368. The lowest BCUT2D eigenvalue weighted by molar-refractivity contribution is 0.314. The van der Waals surface area contributed by atoms with Crippen LogP contribution >= 0.6 is 0 Å². The molecule has 0 radical (unpaired) electrons. The van der Waals surface area contributed by atoms with E-state index < -0.39 is 0 Å². The van der Waals surface area contributed by atoms with Crippen LogP contribution in [-0.2, 0) is 13.1 Å². The molecule has 1 N–H and O–H groups in total. The second-order valence-electron chi connectivity index (χ2n) is 5.99. The van der Waals surface area contributed by atoms with Gasteiger partial charge in [-0.3, -0.25) is 4.90 Å². The molecule has 1 saturated heterocycles. The average molecular weight is 280 g/mol. The first kappa shape index (κ1) is 14.3. The highest BCUT2D eigenvalue weighted by atomic mass is 15.1. The topological polar surface area (TPSA) is 15.3 Å². The van der Waals surface area contributed by atoms with Crippen molar-refractivity contribution in [3.05, 3.63) is 71.8 Å². The van der Waals surface area contributed by atoms with Gasteiger partial charge < -0.3 is 5.32 Å². The molecule has 1 aliphatic rings. The van der Waals surface area contributed by atoms with Gasteiger partial charge >= 0.3 is 0 Å². The zero-order valence-corrected chi connectivity index (χ0v) is 12.5. The van der Waals surface area contributed by atoms with Crippen molar-refractivity contribution >= 4 is 0 Å². The summed E-state index contributed by atoms with van der Waals surface area (Å²) in [5, 5.41) is 3.60. The lowest BCUT2D eigenvalue weighted by Crippen LogP contribution is -2.26. The third-order valence-corrected chi connectivity index (χ3v) is 4.22. The number of rotatable bonds is 6. The number of nitrogens with zero attached hydrogens (tertiary/aromatic N) is 1. The van der Waals surface area contributed by atoms with Crippen molar-refractivity contribution in [2.45, 2.75) is 19.5 Å². The van der Waals surface area contributed by atoms with Crippen LogP contribution in [-0.4, -0.2) is 24.5 Å². The van der Waals surface area contributed by atoms with Gasteiger partial charge in [-0.05, 0) is 36.6 Å². The highest BCUT2D eigenvalue weighted by Crippen LogP contribution is 2.18. The van der Waals surface area contributed by atoms with E-state index in [2.05, 4.69) is 70.9 Å². The molecule has 21 heavy (non-hydrogen) atoms. The fourth-order valence-corrected chi connectivity index (χ4v) is 3.08. The minimum atomic E-state index is 0.789. The summed E-state index contributed by atoms with van der Waals surface area (Å²) >= 11 is 0. The van der Waals surface area contributed by atoms with Crippen molar-refractivity contribution in [1.29, 1.82) is 0 Å². The van der Waals surface area contributed by atoms with Crippen molar-refractivity contribution in [3.8, 4) is 0 Å². The molecule has 0 bridgehead atoms. The van der Waals surface area contributed by atoms with Gasteiger partial charge in [-0.15, -0.1) is 0 Å². The van der Waals surface area contributed by atoms with Crippen LogP contribution in [0.1, 0.15) is 17.5 Å². The van der Waals surface area contributed by atoms with Crippen LogP contribution in [0.25, 0.3) is 0 Å². The fourth-order valence-electron chi connectivity index (χ4n) is 3.08.